The molecule has 7 nitrogen and oxygen atoms in total. The predicted octanol–water partition coefficient (Wildman–Crippen LogP) is 3.21. The smallest absolute Gasteiger partial charge is 0.289 e. The second-order valence-electron chi connectivity index (χ2n) is 5.24. The number of methoxy groups -OCH3 is 1. The number of para-hydroxylation sites is 1. The largest absolute Gasteiger partial charge is 0.504 e. The number of nitrogens with zero attached hydrogens (tertiary/aromatic N) is 2. The van der Waals surface area contributed by atoms with Crippen LogP contribution in [0.4, 0.5) is 0 Å². The van der Waals surface area contributed by atoms with Crippen molar-refractivity contribution in [3.8, 4) is 22.8 Å². The molecule has 0 aliphatic heterocycles. The van der Waals surface area contributed by atoms with Gasteiger partial charge in [-0.3, -0.25) is 9.89 Å². The zero-order chi connectivity index (χ0) is 18.5. The maximum atomic E-state index is 12.2. The van der Waals surface area contributed by atoms with Crippen LogP contribution in [0.2, 0.25) is 5.02 Å². The van der Waals surface area contributed by atoms with Crippen LogP contribution in [-0.4, -0.2) is 34.5 Å². The highest BCUT2D eigenvalue weighted by molar-refractivity contribution is 6.33. The number of aromatic amines is 1. The molecule has 8 heteroatoms. The van der Waals surface area contributed by atoms with Gasteiger partial charge in [0.15, 0.2) is 11.5 Å². The van der Waals surface area contributed by atoms with Crippen molar-refractivity contribution in [2.75, 3.05) is 7.11 Å². The Hall–Kier alpha value is -3.32. The van der Waals surface area contributed by atoms with Crippen LogP contribution in [0.25, 0.3) is 11.3 Å². The van der Waals surface area contributed by atoms with E-state index in [-0.39, 0.29) is 11.4 Å². The van der Waals surface area contributed by atoms with Crippen LogP contribution in [0.1, 0.15) is 16.1 Å². The molecule has 3 rings (SSSR count). The number of rotatable bonds is 5. The number of carbonyl (C=O) groups excluding carboxylic acids is 1. The highest BCUT2D eigenvalue weighted by Crippen LogP contribution is 2.28. The number of halogens is 1. The Balaban J connectivity index is 1.71. The first-order valence-corrected chi connectivity index (χ1v) is 7.97. The van der Waals surface area contributed by atoms with E-state index >= 15 is 0 Å². The van der Waals surface area contributed by atoms with Crippen LogP contribution in [0, 0.1) is 0 Å². The molecular formula is C18H15ClN4O3. The molecule has 0 saturated heterocycles. The van der Waals surface area contributed by atoms with Gasteiger partial charge in [0.25, 0.3) is 5.91 Å². The van der Waals surface area contributed by atoms with E-state index in [0.717, 1.165) is 0 Å². The number of aromatic hydroxyl groups is 1. The fourth-order valence-corrected chi connectivity index (χ4v) is 2.51. The summed E-state index contributed by atoms with van der Waals surface area (Å²) in [7, 11) is 1.45. The van der Waals surface area contributed by atoms with Gasteiger partial charge in [-0.15, -0.1) is 0 Å². The molecule has 3 N–H and O–H groups in total. The topological polar surface area (TPSA) is 99.6 Å². The van der Waals surface area contributed by atoms with Gasteiger partial charge in [0.1, 0.15) is 5.69 Å². The summed E-state index contributed by atoms with van der Waals surface area (Å²) < 4.78 is 5.01. The molecule has 26 heavy (non-hydrogen) atoms. The van der Waals surface area contributed by atoms with E-state index in [1.54, 1.807) is 30.3 Å². The highest BCUT2D eigenvalue weighted by Gasteiger charge is 2.12. The minimum atomic E-state index is -0.477. The third-order valence-electron chi connectivity index (χ3n) is 3.59. The number of hydrogen-bond donors (Lipinski definition) is 3. The predicted molar refractivity (Wildman–Crippen MR) is 98.8 cm³/mol. The van der Waals surface area contributed by atoms with E-state index in [0.29, 0.717) is 27.6 Å². The molecular weight excluding hydrogens is 356 g/mol. The van der Waals surface area contributed by atoms with E-state index in [2.05, 4.69) is 20.7 Å². The van der Waals surface area contributed by atoms with E-state index in [1.165, 1.54) is 13.3 Å². The standard InChI is InChI=1S/C18H15ClN4O3/c1-26-16-8-4-5-11(17(16)24)10-20-23-18(25)15-9-14(21-22-15)12-6-2-3-7-13(12)19/h2-10,24H,1H3,(H,21,22)(H,23,25)/b20-10+. The monoisotopic (exact) mass is 370 g/mol. The summed E-state index contributed by atoms with van der Waals surface area (Å²) in [5, 5.41) is 21.1. The molecule has 1 heterocycles. The van der Waals surface area contributed by atoms with Gasteiger partial charge in [-0.2, -0.15) is 10.2 Å². The Kier molecular flexibility index (Phi) is 5.19. The van der Waals surface area contributed by atoms with Crippen molar-refractivity contribution in [2.24, 2.45) is 5.10 Å². The van der Waals surface area contributed by atoms with Crippen molar-refractivity contribution in [3.63, 3.8) is 0 Å². The summed E-state index contributed by atoms with van der Waals surface area (Å²) in [5.41, 5.74) is 4.27. The number of hydrazone groups is 1. The lowest BCUT2D eigenvalue weighted by molar-refractivity contribution is 0.0950. The lowest BCUT2D eigenvalue weighted by Gasteiger charge is -2.04. The van der Waals surface area contributed by atoms with Crippen molar-refractivity contribution in [1.82, 2.24) is 15.6 Å². The normalized spacial score (nSPS) is 10.8. The Morgan fingerprint density at radius 1 is 1.31 bits per heavy atom. The second-order valence-corrected chi connectivity index (χ2v) is 5.65. The van der Waals surface area contributed by atoms with Crippen LogP contribution >= 0.6 is 11.6 Å². The number of aromatic nitrogens is 2. The van der Waals surface area contributed by atoms with Crippen molar-refractivity contribution < 1.29 is 14.6 Å². The fraction of sp³-hybridized carbons (Fsp3) is 0.0556. The van der Waals surface area contributed by atoms with Gasteiger partial charge < -0.3 is 9.84 Å². The molecule has 2 aromatic carbocycles. The summed E-state index contributed by atoms with van der Waals surface area (Å²) in [4.78, 5) is 12.2. The number of carbonyl (C=O) groups is 1. The number of ether oxygens (including phenoxy) is 1. The van der Waals surface area contributed by atoms with Gasteiger partial charge in [-0.25, -0.2) is 5.43 Å². The van der Waals surface area contributed by atoms with E-state index in [9.17, 15) is 9.90 Å². The Bertz CT molecular complexity index is 969. The van der Waals surface area contributed by atoms with Gasteiger partial charge in [-0.05, 0) is 24.3 Å². The molecule has 0 radical (unpaired) electrons. The SMILES string of the molecule is COc1cccc(/C=N/NC(=O)c2cc(-c3ccccc3Cl)n[nH]2)c1O. The molecule has 0 unspecified atom stereocenters. The van der Waals surface area contributed by atoms with Crippen LogP contribution in [-0.2, 0) is 0 Å². The van der Waals surface area contributed by atoms with Gasteiger partial charge >= 0.3 is 0 Å². The number of nitrogens with one attached hydrogen (secondary N) is 2. The maximum absolute atomic E-state index is 12.2. The Morgan fingerprint density at radius 3 is 2.88 bits per heavy atom. The number of phenols is 1. The van der Waals surface area contributed by atoms with Crippen molar-refractivity contribution >= 4 is 23.7 Å². The van der Waals surface area contributed by atoms with Crippen LogP contribution in [0.15, 0.2) is 53.6 Å². The highest BCUT2D eigenvalue weighted by atomic mass is 35.5. The summed E-state index contributed by atoms with van der Waals surface area (Å²) in [6.07, 6.45) is 1.32. The first-order valence-electron chi connectivity index (χ1n) is 7.60. The van der Waals surface area contributed by atoms with Crippen LogP contribution in [0.3, 0.4) is 0 Å². The van der Waals surface area contributed by atoms with Gasteiger partial charge in [0.05, 0.1) is 24.0 Å². The number of H-pyrrole nitrogens is 1. The average molecular weight is 371 g/mol. The number of amides is 1. The van der Waals surface area contributed by atoms with Crippen molar-refractivity contribution in [2.45, 2.75) is 0 Å². The van der Waals surface area contributed by atoms with Gasteiger partial charge in [-0.1, -0.05) is 35.9 Å². The van der Waals surface area contributed by atoms with Crippen LogP contribution in [0.5, 0.6) is 11.5 Å². The summed E-state index contributed by atoms with van der Waals surface area (Å²) in [5.74, 6) is -0.219. The molecule has 3 aromatic rings. The van der Waals surface area contributed by atoms with Gasteiger partial charge in [0, 0.05) is 11.1 Å². The van der Waals surface area contributed by atoms with Crippen molar-refractivity contribution in [1.29, 1.82) is 0 Å². The quantitative estimate of drug-likeness (QED) is 0.474. The molecule has 1 amide bonds. The molecule has 0 aliphatic carbocycles. The van der Waals surface area contributed by atoms with E-state index in [4.69, 9.17) is 16.3 Å². The summed E-state index contributed by atoms with van der Waals surface area (Å²) in [6, 6.07) is 13.7. The summed E-state index contributed by atoms with van der Waals surface area (Å²) in [6.45, 7) is 0. The average Bonchev–Trinajstić information content (AvgIpc) is 3.13. The zero-order valence-electron chi connectivity index (χ0n) is 13.7. The number of phenolic OH excluding ortho intramolecular Hbond substituents is 1. The van der Waals surface area contributed by atoms with Gasteiger partial charge in [0.2, 0.25) is 0 Å². The first-order chi connectivity index (χ1) is 12.6. The zero-order valence-corrected chi connectivity index (χ0v) is 14.5. The molecule has 0 fully saturated rings. The third-order valence-corrected chi connectivity index (χ3v) is 3.92. The molecule has 0 atom stereocenters. The van der Waals surface area contributed by atoms with E-state index < -0.39 is 5.91 Å². The molecule has 132 valence electrons. The number of hydrogen-bond acceptors (Lipinski definition) is 5. The number of benzene rings is 2. The molecule has 0 bridgehead atoms. The van der Waals surface area contributed by atoms with E-state index in [1.807, 2.05) is 18.2 Å². The summed E-state index contributed by atoms with van der Waals surface area (Å²) >= 11 is 6.13. The maximum Gasteiger partial charge on any atom is 0.289 e. The second kappa shape index (κ2) is 7.71. The molecule has 0 spiro atoms. The Labute approximate surface area is 154 Å². The minimum absolute atomic E-state index is 0.0597. The fourth-order valence-electron chi connectivity index (χ4n) is 2.27. The molecule has 0 aliphatic rings. The Morgan fingerprint density at radius 2 is 2.12 bits per heavy atom. The molecule has 0 saturated carbocycles. The van der Waals surface area contributed by atoms with Crippen LogP contribution < -0.4 is 10.2 Å². The lowest BCUT2D eigenvalue weighted by atomic mass is 10.1. The van der Waals surface area contributed by atoms with Crippen molar-refractivity contribution in [3.05, 3.63) is 64.8 Å². The lowest BCUT2D eigenvalue weighted by Crippen LogP contribution is -2.18. The first kappa shape index (κ1) is 17.5. The molecule has 1 aromatic heterocycles. The third kappa shape index (κ3) is 3.68. The minimum Gasteiger partial charge on any atom is -0.504 e.